The molecule has 19 nitrogen and oxygen atoms in total. The fourth-order valence-electron chi connectivity index (χ4n) is 12.1. The number of pyridine rings is 1. The van der Waals surface area contributed by atoms with Crippen molar-refractivity contribution in [2.24, 2.45) is 11.8 Å². The lowest BCUT2D eigenvalue weighted by atomic mass is 9.83. The average Bonchev–Trinajstić information content (AvgIpc) is 4.41. The number of nitrogens with zero attached hydrogens (tertiary/aromatic N) is 4. The first-order valence-electron chi connectivity index (χ1n) is 28.5. The maximum Gasteiger partial charge on any atom is 0.308 e. The van der Waals surface area contributed by atoms with Gasteiger partial charge in [0.2, 0.25) is 36.9 Å². The zero-order valence-electron chi connectivity index (χ0n) is 48.0. The molecule has 5 aromatic rings. The highest BCUT2D eigenvalue weighted by Gasteiger charge is 2.49. The number of unbranched alkanes of at least 4 members (excludes halogenated alkanes) is 2. The van der Waals surface area contributed by atoms with E-state index in [-0.39, 0.29) is 62.4 Å². The average molecular weight is 1130 g/mol. The summed E-state index contributed by atoms with van der Waals surface area (Å²) in [7, 11) is 6.41. The van der Waals surface area contributed by atoms with Gasteiger partial charge in [-0.2, -0.15) is 0 Å². The van der Waals surface area contributed by atoms with Gasteiger partial charge in [0.15, 0.2) is 23.0 Å². The van der Waals surface area contributed by atoms with Gasteiger partial charge in [-0.1, -0.05) is 63.1 Å². The molecule has 2 amide bonds. The van der Waals surface area contributed by atoms with E-state index in [1.165, 1.54) is 0 Å². The molecule has 19 heteroatoms. The Morgan fingerprint density at radius 3 is 1.59 bits per heavy atom. The summed E-state index contributed by atoms with van der Waals surface area (Å²) in [6.45, 7) is 6.63. The summed E-state index contributed by atoms with van der Waals surface area (Å²) in [4.78, 5) is 62.6. The number of rotatable bonds is 27. The molecule has 0 radical (unpaired) electrons. The fourth-order valence-corrected chi connectivity index (χ4v) is 12.1. The number of aliphatic carboxylic acids is 2. The molecule has 4 aromatic carbocycles. The van der Waals surface area contributed by atoms with Gasteiger partial charge in [-0.15, -0.1) is 0 Å². The quantitative estimate of drug-likeness (QED) is 0.0418. The molecule has 82 heavy (non-hydrogen) atoms. The fraction of sp³-hybridized carbons (Fsp3) is 0.476. The number of fused-ring (bicyclic) bond motifs is 2. The van der Waals surface area contributed by atoms with E-state index in [9.17, 15) is 29.4 Å². The first-order chi connectivity index (χ1) is 39.9. The number of carbonyl (C=O) groups excluding carboxylic acids is 2. The van der Waals surface area contributed by atoms with Gasteiger partial charge in [0, 0.05) is 56.3 Å². The van der Waals surface area contributed by atoms with Gasteiger partial charge in [0.25, 0.3) is 0 Å². The molecule has 0 unspecified atom stereocenters. The van der Waals surface area contributed by atoms with E-state index in [1.807, 2.05) is 89.8 Å². The number of nitrogens with one attached hydrogen (secondary N) is 1. The van der Waals surface area contributed by atoms with Crippen molar-refractivity contribution in [3.63, 3.8) is 0 Å². The summed E-state index contributed by atoms with van der Waals surface area (Å²) in [6, 6.07) is 26.2. The second kappa shape index (κ2) is 29.3. The zero-order chi connectivity index (χ0) is 58.1. The van der Waals surface area contributed by atoms with E-state index in [0.717, 1.165) is 90.8 Å². The number of hydrogen-bond donors (Lipinski definition) is 3. The number of para-hydroxylation sites is 2. The number of anilines is 1. The molecule has 9 rings (SSSR count). The minimum atomic E-state index is -0.890. The van der Waals surface area contributed by atoms with E-state index >= 15 is 0 Å². The molecule has 2 saturated heterocycles. The second-order valence-electron chi connectivity index (χ2n) is 21.1. The number of amides is 2. The summed E-state index contributed by atoms with van der Waals surface area (Å²) in [5.41, 5.74) is 4.49. The van der Waals surface area contributed by atoms with Crippen LogP contribution in [0.5, 0.6) is 46.0 Å². The molecular weight excluding hydrogens is 1050 g/mol. The standard InChI is InChI=1S/C34H41N3O7.C29H38N2O7/c1-4-5-16-37(25-12-9-15-35-19-25)31(38)21-36-20-26(24-17-29(42-3)33-30(18-24)43-22-44-33)32(34(39)40)27(36)13-8-11-23-10-6-7-14-28(23)41-2;1-4-5-13-30-26(32)17-31-16-21(20-14-24(36-3)28-25(15-20)37-18-38-28)27(29(33)34)22(31)11-8-10-19-9-6-7-12-23(19)35-2/h6-7,9-10,12,14-15,17-19,26-27,32H,4-5,8,11,13,16,20-22H2,1-3H3,(H,39,40);6-7,9,12,14-15,21-22,27H,4-5,8,10-11,13,16-18H2,1-3H3,(H,30,32)(H,33,34)/t26-,27+,32-;21-,22+,27-/m11/s1. The number of ether oxygens (including phenoxy) is 8. The van der Waals surface area contributed by atoms with Crippen molar-refractivity contribution in [1.29, 1.82) is 0 Å². The molecule has 0 aliphatic carbocycles. The van der Waals surface area contributed by atoms with Gasteiger partial charge in [-0.25, -0.2) is 0 Å². The van der Waals surface area contributed by atoms with Crippen LogP contribution in [0.2, 0.25) is 0 Å². The Bertz CT molecular complexity index is 2940. The van der Waals surface area contributed by atoms with Gasteiger partial charge in [0.1, 0.15) is 11.5 Å². The smallest absolute Gasteiger partial charge is 0.308 e. The van der Waals surface area contributed by atoms with Gasteiger partial charge < -0.3 is 58.3 Å². The number of benzene rings is 4. The van der Waals surface area contributed by atoms with Crippen molar-refractivity contribution >= 4 is 29.4 Å². The van der Waals surface area contributed by atoms with E-state index in [1.54, 1.807) is 45.7 Å². The third-order valence-electron chi connectivity index (χ3n) is 16.1. The number of carboxylic acid groups (broad SMARTS) is 2. The molecule has 0 saturated carbocycles. The van der Waals surface area contributed by atoms with Crippen LogP contribution in [0.15, 0.2) is 97.3 Å². The van der Waals surface area contributed by atoms with E-state index in [0.29, 0.717) is 73.5 Å². The lowest BCUT2D eigenvalue weighted by molar-refractivity contribution is -0.144. The van der Waals surface area contributed by atoms with E-state index in [4.69, 9.17) is 37.9 Å². The highest BCUT2D eigenvalue weighted by Crippen LogP contribution is 2.49. The van der Waals surface area contributed by atoms with Crippen LogP contribution in [0.4, 0.5) is 5.69 Å². The molecule has 0 bridgehead atoms. The minimum absolute atomic E-state index is 0.0748. The summed E-state index contributed by atoms with van der Waals surface area (Å²) < 4.78 is 44.5. The molecule has 4 aliphatic heterocycles. The largest absolute Gasteiger partial charge is 0.496 e. The SMILES string of the molecule is CCCCN(C(=O)CN1C[C@H](c2cc(OC)c3c(c2)OCO3)[C@@H](C(=O)O)[C@@H]1CCCc1ccccc1OC)c1cccnc1.CCCCNC(=O)CN1C[C@H](c2cc(OC)c3c(c2)OCO3)[C@@H](C(=O)O)[C@@H]1CCCc1ccccc1OC. The molecule has 3 N–H and O–H groups in total. The molecule has 6 atom stereocenters. The Labute approximate surface area is 480 Å². The summed E-state index contributed by atoms with van der Waals surface area (Å²) in [5, 5.41) is 24.1. The van der Waals surface area contributed by atoms with Crippen molar-refractivity contribution in [2.75, 3.05) is 86.2 Å². The predicted molar refractivity (Wildman–Crippen MR) is 308 cm³/mol. The Morgan fingerprint density at radius 1 is 0.622 bits per heavy atom. The number of aryl methyl sites for hydroxylation is 2. The Balaban J connectivity index is 0.000000217. The summed E-state index contributed by atoms with van der Waals surface area (Å²) in [5.74, 6) is 0.711. The third kappa shape index (κ3) is 14.5. The molecule has 2 fully saturated rings. The first-order valence-corrected chi connectivity index (χ1v) is 28.5. The van der Waals surface area contributed by atoms with Crippen LogP contribution in [0.1, 0.15) is 99.3 Å². The third-order valence-corrected chi connectivity index (χ3v) is 16.1. The van der Waals surface area contributed by atoms with E-state index in [2.05, 4.69) is 29.0 Å². The van der Waals surface area contributed by atoms with Crippen molar-refractivity contribution in [3.05, 3.63) is 120 Å². The lowest BCUT2D eigenvalue weighted by Crippen LogP contribution is -2.44. The van der Waals surface area contributed by atoms with Crippen molar-refractivity contribution in [2.45, 2.75) is 102 Å². The Kier molecular flexibility index (Phi) is 21.5. The number of likely N-dealkylation sites (tertiary alicyclic amines) is 2. The molecule has 0 spiro atoms. The minimum Gasteiger partial charge on any atom is -0.496 e. The van der Waals surface area contributed by atoms with Gasteiger partial charge in [-0.05, 0) is 122 Å². The summed E-state index contributed by atoms with van der Waals surface area (Å²) in [6.07, 6.45) is 11.3. The monoisotopic (exact) mass is 1130 g/mol. The Hall–Kier alpha value is -7.77. The highest BCUT2D eigenvalue weighted by atomic mass is 16.7. The number of aromatic nitrogens is 1. The maximum absolute atomic E-state index is 13.9. The first kappa shape index (κ1) is 60.3. The van der Waals surface area contributed by atoms with Crippen LogP contribution in [-0.2, 0) is 32.0 Å². The van der Waals surface area contributed by atoms with Crippen LogP contribution in [0, 0.1) is 11.8 Å². The predicted octanol–water partition coefficient (Wildman–Crippen LogP) is 8.99. The van der Waals surface area contributed by atoms with Gasteiger partial charge in [0.05, 0.1) is 65.2 Å². The second-order valence-corrected chi connectivity index (χ2v) is 21.1. The zero-order valence-corrected chi connectivity index (χ0v) is 48.0. The maximum atomic E-state index is 13.9. The van der Waals surface area contributed by atoms with Crippen LogP contribution >= 0.6 is 0 Å². The molecule has 5 heterocycles. The molecule has 4 aliphatic rings. The number of methoxy groups -OCH3 is 4. The molecular formula is C63H79N5O14. The Morgan fingerprint density at radius 2 is 1.12 bits per heavy atom. The molecule has 1 aromatic heterocycles. The topological polar surface area (TPSA) is 217 Å². The van der Waals surface area contributed by atoms with E-state index < -0.39 is 23.8 Å². The van der Waals surface area contributed by atoms with Crippen LogP contribution in [-0.4, -0.2) is 142 Å². The van der Waals surface area contributed by atoms with Crippen molar-refractivity contribution in [1.82, 2.24) is 20.1 Å². The normalized spacial score (nSPS) is 19.7. The number of carboxylic acids is 2. The van der Waals surface area contributed by atoms with Gasteiger partial charge >= 0.3 is 11.9 Å². The van der Waals surface area contributed by atoms with Crippen LogP contribution in [0.3, 0.4) is 0 Å². The van der Waals surface area contributed by atoms with Crippen molar-refractivity contribution in [3.8, 4) is 46.0 Å². The van der Waals surface area contributed by atoms with Crippen LogP contribution in [0.25, 0.3) is 0 Å². The highest BCUT2D eigenvalue weighted by molar-refractivity contribution is 5.94. The van der Waals surface area contributed by atoms with Crippen molar-refractivity contribution < 1.29 is 67.3 Å². The number of hydrogen-bond acceptors (Lipinski definition) is 15. The lowest BCUT2D eigenvalue weighted by Gasteiger charge is -2.29. The number of carbonyl (C=O) groups is 4. The van der Waals surface area contributed by atoms with Gasteiger partial charge in [-0.3, -0.25) is 34.0 Å². The molecule has 440 valence electrons. The van der Waals surface area contributed by atoms with Crippen LogP contribution < -0.4 is 48.1 Å². The summed E-state index contributed by atoms with van der Waals surface area (Å²) >= 11 is 0.